The summed E-state index contributed by atoms with van der Waals surface area (Å²) >= 11 is 3.29. The highest BCUT2D eigenvalue weighted by Gasteiger charge is 2.21. The summed E-state index contributed by atoms with van der Waals surface area (Å²) in [5, 5.41) is 3.53. The number of thioether (sulfide) groups is 1. The highest BCUT2D eigenvalue weighted by molar-refractivity contribution is 8.00. The number of rotatable bonds is 7. The van der Waals surface area contributed by atoms with E-state index in [2.05, 4.69) is 28.5 Å². The van der Waals surface area contributed by atoms with E-state index in [9.17, 15) is 0 Å². The zero-order chi connectivity index (χ0) is 12.8. The van der Waals surface area contributed by atoms with Gasteiger partial charge in [-0.25, -0.2) is 4.98 Å². The Hall–Kier alpha value is -0.170. The van der Waals surface area contributed by atoms with Gasteiger partial charge >= 0.3 is 0 Å². The summed E-state index contributed by atoms with van der Waals surface area (Å²) in [6, 6.07) is 0.453. The maximum atomic E-state index is 5.66. The molecule has 0 radical (unpaired) electrons. The SMILES string of the molecule is CCc1nsc(SCCNC(C)C2CCCO2)n1. The molecule has 2 unspecified atom stereocenters. The molecule has 0 spiro atoms. The Labute approximate surface area is 117 Å². The Kier molecular flexibility index (Phi) is 5.88. The highest BCUT2D eigenvalue weighted by atomic mass is 32.2. The monoisotopic (exact) mass is 287 g/mol. The van der Waals surface area contributed by atoms with Gasteiger partial charge in [0, 0.05) is 31.4 Å². The fourth-order valence-corrected chi connectivity index (χ4v) is 3.63. The molecule has 1 N–H and O–H groups in total. The van der Waals surface area contributed by atoms with E-state index in [1.54, 1.807) is 11.8 Å². The van der Waals surface area contributed by atoms with Gasteiger partial charge in [-0.15, -0.1) is 0 Å². The molecule has 1 aromatic heterocycles. The Balaban J connectivity index is 1.60. The fourth-order valence-electron chi connectivity index (χ4n) is 1.99. The first-order valence-electron chi connectivity index (χ1n) is 6.60. The molecule has 18 heavy (non-hydrogen) atoms. The van der Waals surface area contributed by atoms with Gasteiger partial charge in [0.25, 0.3) is 0 Å². The van der Waals surface area contributed by atoms with Crippen LogP contribution in [-0.4, -0.2) is 40.4 Å². The molecular weight excluding hydrogens is 266 g/mol. The Morgan fingerprint density at radius 1 is 1.61 bits per heavy atom. The third-order valence-electron chi connectivity index (χ3n) is 3.08. The van der Waals surface area contributed by atoms with Gasteiger partial charge in [0.1, 0.15) is 5.82 Å². The van der Waals surface area contributed by atoms with Crippen LogP contribution in [0.4, 0.5) is 0 Å². The van der Waals surface area contributed by atoms with Crippen molar-refractivity contribution in [3.05, 3.63) is 5.82 Å². The largest absolute Gasteiger partial charge is 0.377 e. The molecule has 1 aliphatic heterocycles. The number of hydrogen-bond donors (Lipinski definition) is 1. The summed E-state index contributed by atoms with van der Waals surface area (Å²) < 4.78 is 11.0. The van der Waals surface area contributed by atoms with Crippen LogP contribution in [0.25, 0.3) is 0 Å². The minimum Gasteiger partial charge on any atom is -0.377 e. The summed E-state index contributed by atoms with van der Waals surface area (Å²) in [5.74, 6) is 2.00. The van der Waals surface area contributed by atoms with Crippen LogP contribution >= 0.6 is 23.3 Å². The van der Waals surface area contributed by atoms with E-state index in [0.29, 0.717) is 12.1 Å². The van der Waals surface area contributed by atoms with Gasteiger partial charge in [-0.05, 0) is 31.3 Å². The van der Waals surface area contributed by atoms with Crippen LogP contribution in [0.5, 0.6) is 0 Å². The van der Waals surface area contributed by atoms with E-state index < -0.39 is 0 Å². The van der Waals surface area contributed by atoms with Crippen molar-refractivity contribution in [3.8, 4) is 0 Å². The molecule has 2 rings (SSSR count). The van der Waals surface area contributed by atoms with Crippen molar-refractivity contribution in [1.29, 1.82) is 0 Å². The molecule has 0 saturated carbocycles. The standard InChI is InChI=1S/C12H21N3OS2/c1-3-11-14-12(18-15-11)17-8-6-13-9(2)10-5-4-7-16-10/h9-10,13H,3-8H2,1-2H3. The Morgan fingerprint density at radius 3 is 3.17 bits per heavy atom. The summed E-state index contributed by atoms with van der Waals surface area (Å²) in [6.07, 6.45) is 3.72. The lowest BCUT2D eigenvalue weighted by Crippen LogP contribution is -2.38. The van der Waals surface area contributed by atoms with Crippen LogP contribution in [0.2, 0.25) is 0 Å². The van der Waals surface area contributed by atoms with Crippen LogP contribution in [0.3, 0.4) is 0 Å². The molecule has 6 heteroatoms. The molecule has 1 saturated heterocycles. The molecule has 0 amide bonds. The average Bonchev–Trinajstić information content (AvgIpc) is 3.05. The van der Waals surface area contributed by atoms with Gasteiger partial charge in [0.05, 0.1) is 6.10 Å². The second-order valence-electron chi connectivity index (χ2n) is 4.47. The Bertz CT molecular complexity index is 353. The summed E-state index contributed by atoms with van der Waals surface area (Å²) in [7, 11) is 0. The van der Waals surface area contributed by atoms with Crippen molar-refractivity contribution in [2.45, 2.75) is 49.6 Å². The van der Waals surface area contributed by atoms with E-state index in [0.717, 1.165) is 35.5 Å². The maximum Gasteiger partial charge on any atom is 0.170 e. The molecule has 4 nitrogen and oxygen atoms in total. The Morgan fingerprint density at radius 2 is 2.50 bits per heavy atom. The van der Waals surface area contributed by atoms with E-state index in [4.69, 9.17) is 4.74 Å². The summed E-state index contributed by atoms with van der Waals surface area (Å²) in [4.78, 5) is 4.44. The quantitative estimate of drug-likeness (QED) is 0.616. The number of hydrogen-bond acceptors (Lipinski definition) is 6. The van der Waals surface area contributed by atoms with E-state index in [-0.39, 0.29) is 0 Å². The fraction of sp³-hybridized carbons (Fsp3) is 0.833. The third kappa shape index (κ3) is 4.19. The molecular formula is C12H21N3OS2. The normalized spacial score (nSPS) is 21.3. The first kappa shape index (κ1) is 14.2. The summed E-state index contributed by atoms with van der Waals surface area (Å²) in [5.41, 5.74) is 0. The van der Waals surface area contributed by atoms with Crippen LogP contribution in [0.1, 0.15) is 32.5 Å². The van der Waals surface area contributed by atoms with Crippen molar-refractivity contribution in [2.75, 3.05) is 18.9 Å². The van der Waals surface area contributed by atoms with Gasteiger partial charge in [-0.2, -0.15) is 4.37 Å². The lowest BCUT2D eigenvalue weighted by Gasteiger charge is -2.19. The number of nitrogens with one attached hydrogen (secondary N) is 1. The minimum absolute atomic E-state index is 0.406. The van der Waals surface area contributed by atoms with Gasteiger partial charge in [0.2, 0.25) is 0 Å². The molecule has 0 bridgehead atoms. The van der Waals surface area contributed by atoms with Gasteiger partial charge in [-0.1, -0.05) is 18.7 Å². The number of nitrogens with zero attached hydrogens (tertiary/aromatic N) is 2. The molecule has 0 aromatic carbocycles. The zero-order valence-electron chi connectivity index (χ0n) is 11.0. The molecule has 2 atom stereocenters. The first-order chi connectivity index (χ1) is 8.79. The second-order valence-corrected chi connectivity index (χ2v) is 6.57. The van der Waals surface area contributed by atoms with Crippen molar-refractivity contribution in [2.24, 2.45) is 0 Å². The maximum absolute atomic E-state index is 5.66. The third-order valence-corrected chi connectivity index (χ3v) is 4.96. The van der Waals surface area contributed by atoms with Crippen molar-refractivity contribution < 1.29 is 4.74 Å². The van der Waals surface area contributed by atoms with E-state index >= 15 is 0 Å². The lowest BCUT2D eigenvalue weighted by molar-refractivity contribution is 0.0844. The van der Waals surface area contributed by atoms with Crippen LogP contribution in [0, 0.1) is 0 Å². The van der Waals surface area contributed by atoms with Gasteiger partial charge < -0.3 is 10.1 Å². The van der Waals surface area contributed by atoms with E-state index in [1.807, 2.05) is 0 Å². The molecule has 1 aromatic rings. The second kappa shape index (κ2) is 7.43. The molecule has 1 fully saturated rings. The van der Waals surface area contributed by atoms with Gasteiger partial charge in [0.15, 0.2) is 4.34 Å². The predicted molar refractivity (Wildman–Crippen MR) is 76.4 cm³/mol. The van der Waals surface area contributed by atoms with Crippen molar-refractivity contribution in [1.82, 2.24) is 14.7 Å². The predicted octanol–water partition coefficient (Wildman–Crippen LogP) is 2.35. The van der Waals surface area contributed by atoms with Crippen LogP contribution < -0.4 is 5.32 Å². The molecule has 102 valence electrons. The summed E-state index contributed by atoms with van der Waals surface area (Å²) in [6.45, 7) is 6.21. The lowest BCUT2D eigenvalue weighted by atomic mass is 10.1. The molecule has 2 heterocycles. The zero-order valence-corrected chi connectivity index (χ0v) is 12.6. The number of aryl methyl sites for hydroxylation is 1. The molecule has 0 aliphatic carbocycles. The number of ether oxygens (including phenoxy) is 1. The van der Waals surface area contributed by atoms with E-state index in [1.165, 1.54) is 24.4 Å². The van der Waals surface area contributed by atoms with Gasteiger partial charge in [-0.3, -0.25) is 0 Å². The number of aromatic nitrogens is 2. The van der Waals surface area contributed by atoms with Crippen LogP contribution in [-0.2, 0) is 11.2 Å². The molecule has 1 aliphatic rings. The topological polar surface area (TPSA) is 47.0 Å². The average molecular weight is 287 g/mol. The smallest absolute Gasteiger partial charge is 0.170 e. The van der Waals surface area contributed by atoms with Crippen LogP contribution in [0.15, 0.2) is 4.34 Å². The first-order valence-corrected chi connectivity index (χ1v) is 8.36. The highest BCUT2D eigenvalue weighted by Crippen LogP contribution is 2.20. The van der Waals surface area contributed by atoms with Crippen molar-refractivity contribution >= 4 is 23.3 Å². The minimum atomic E-state index is 0.406. The van der Waals surface area contributed by atoms with Crippen molar-refractivity contribution in [3.63, 3.8) is 0 Å².